The first kappa shape index (κ1) is 16.6. The number of hydrogen-bond acceptors (Lipinski definition) is 4. The second kappa shape index (κ2) is 9.47. The minimum Gasteiger partial charge on any atom is -0.351 e. The topological polar surface area (TPSA) is 73.6 Å². The highest BCUT2D eigenvalue weighted by Crippen LogP contribution is 2.09. The van der Waals surface area contributed by atoms with Crippen molar-refractivity contribution in [2.75, 3.05) is 26.3 Å². The van der Waals surface area contributed by atoms with Crippen LogP contribution in [-0.4, -0.2) is 38.5 Å². The van der Waals surface area contributed by atoms with Crippen LogP contribution in [0.3, 0.4) is 0 Å². The zero-order valence-corrected chi connectivity index (χ0v) is 12.2. The van der Waals surface area contributed by atoms with Crippen LogP contribution in [0.5, 0.6) is 0 Å². The van der Waals surface area contributed by atoms with Gasteiger partial charge in [-0.05, 0) is 38.4 Å². The molecule has 0 fully saturated rings. The molecule has 3 N–H and O–H groups in total. The molecule has 1 aromatic rings. The predicted molar refractivity (Wildman–Crippen MR) is 78.6 cm³/mol. The smallest absolute Gasteiger partial charge is 0.251 e. The maximum absolute atomic E-state index is 12.2. The van der Waals surface area contributed by atoms with Crippen LogP contribution < -0.4 is 11.1 Å². The molecule has 20 heavy (non-hydrogen) atoms. The molecule has 0 saturated heterocycles. The maximum Gasteiger partial charge on any atom is 0.251 e. The van der Waals surface area contributed by atoms with Gasteiger partial charge >= 0.3 is 0 Å². The summed E-state index contributed by atoms with van der Waals surface area (Å²) in [7, 11) is 0. The largest absolute Gasteiger partial charge is 0.351 e. The minimum absolute atomic E-state index is 0.126. The van der Waals surface area contributed by atoms with Gasteiger partial charge in [-0.3, -0.25) is 4.79 Å². The Labute approximate surface area is 120 Å². The number of carbonyl (C=O) groups is 1. The van der Waals surface area contributed by atoms with Gasteiger partial charge in [0.15, 0.2) is 6.29 Å². The van der Waals surface area contributed by atoms with Crippen LogP contribution in [0.25, 0.3) is 0 Å². The fraction of sp³-hybridized carbons (Fsp3) is 0.533. The lowest BCUT2D eigenvalue weighted by Gasteiger charge is -2.18. The van der Waals surface area contributed by atoms with Crippen molar-refractivity contribution in [2.24, 2.45) is 5.73 Å². The van der Waals surface area contributed by atoms with E-state index in [0.29, 0.717) is 38.3 Å². The molecule has 0 aromatic heterocycles. The molecule has 112 valence electrons. The molecule has 0 aliphatic carbocycles. The first-order valence-corrected chi connectivity index (χ1v) is 7.02. The van der Waals surface area contributed by atoms with E-state index in [-0.39, 0.29) is 5.91 Å². The number of hydrogen-bond donors (Lipinski definition) is 2. The molecule has 1 aromatic carbocycles. The minimum atomic E-state index is -0.407. The molecule has 0 aliphatic rings. The van der Waals surface area contributed by atoms with Crippen molar-refractivity contribution < 1.29 is 14.3 Å². The van der Waals surface area contributed by atoms with Crippen molar-refractivity contribution in [1.82, 2.24) is 5.32 Å². The molecule has 5 nitrogen and oxygen atoms in total. The Morgan fingerprint density at radius 3 is 2.50 bits per heavy atom. The molecule has 1 rings (SSSR count). The Morgan fingerprint density at radius 1 is 1.25 bits per heavy atom. The fourth-order valence-corrected chi connectivity index (χ4v) is 1.92. The zero-order chi connectivity index (χ0) is 14.8. The average molecular weight is 280 g/mol. The molecule has 0 spiro atoms. The summed E-state index contributed by atoms with van der Waals surface area (Å²) in [6.07, 6.45) is 0.278. The number of nitrogens with one attached hydrogen (secondary N) is 1. The van der Waals surface area contributed by atoms with Gasteiger partial charge in [-0.15, -0.1) is 0 Å². The van der Waals surface area contributed by atoms with E-state index in [1.54, 1.807) is 6.07 Å². The van der Waals surface area contributed by atoms with Gasteiger partial charge in [0.25, 0.3) is 5.91 Å². The van der Waals surface area contributed by atoms with E-state index in [1.165, 1.54) is 0 Å². The number of benzene rings is 1. The third-order valence-corrected chi connectivity index (χ3v) is 2.81. The van der Waals surface area contributed by atoms with Gasteiger partial charge in [-0.1, -0.05) is 18.2 Å². The Balaban J connectivity index is 2.61. The van der Waals surface area contributed by atoms with E-state index in [1.807, 2.05) is 32.0 Å². The SMILES string of the molecule is CCOC(CNC(=O)c1ccccc1CCN)OCC. The van der Waals surface area contributed by atoms with E-state index in [4.69, 9.17) is 15.2 Å². The molecule has 0 saturated carbocycles. The van der Waals surface area contributed by atoms with E-state index in [9.17, 15) is 4.79 Å². The molecular formula is C15H24N2O3. The van der Waals surface area contributed by atoms with Gasteiger partial charge in [0.05, 0.1) is 6.54 Å². The normalized spacial score (nSPS) is 10.8. The first-order valence-electron chi connectivity index (χ1n) is 7.02. The summed E-state index contributed by atoms with van der Waals surface area (Å²) < 4.78 is 10.8. The third-order valence-electron chi connectivity index (χ3n) is 2.81. The molecule has 0 radical (unpaired) electrons. The Hall–Kier alpha value is -1.43. The van der Waals surface area contributed by atoms with Crippen LogP contribution in [0.2, 0.25) is 0 Å². The van der Waals surface area contributed by atoms with Gasteiger partial charge in [0, 0.05) is 18.8 Å². The van der Waals surface area contributed by atoms with Crippen molar-refractivity contribution in [3.05, 3.63) is 35.4 Å². The second-order valence-electron chi connectivity index (χ2n) is 4.25. The van der Waals surface area contributed by atoms with Gasteiger partial charge in [0.1, 0.15) is 0 Å². The van der Waals surface area contributed by atoms with Gasteiger partial charge in [-0.25, -0.2) is 0 Å². The number of ether oxygens (including phenoxy) is 2. The van der Waals surface area contributed by atoms with Crippen LogP contribution in [-0.2, 0) is 15.9 Å². The monoisotopic (exact) mass is 280 g/mol. The summed E-state index contributed by atoms with van der Waals surface area (Å²) in [5, 5.41) is 2.84. The number of carbonyl (C=O) groups excluding carboxylic acids is 1. The van der Waals surface area contributed by atoms with E-state index < -0.39 is 6.29 Å². The van der Waals surface area contributed by atoms with Crippen LogP contribution >= 0.6 is 0 Å². The van der Waals surface area contributed by atoms with Crippen LogP contribution in [0.1, 0.15) is 29.8 Å². The highest BCUT2D eigenvalue weighted by Gasteiger charge is 2.13. The molecule has 0 aliphatic heterocycles. The third kappa shape index (κ3) is 5.28. The quantitative estimate of drug-likeness (QED) is 0.669. The molecule has 0 bridgehead atoms. The van der Waals surface area contributed by atoms with E-state index >= 15 is 0 Å². The van der Waals surface area contributed by atoms with E-state index in [0.717, 1.165) is 5.56 Å². The predicted octanol–water partition coefficient (Wildman–Crippen LogP) is 1.32. The van der Waals surface area contributed by atoms with Crippen molar-refractivity contribution in [3.8, 4) is 0 Å². The molecule has 1 amide bonds. The van der Waals surface area contributed by atoms with Gasteiger partial charge in [0.2, 0.25) is 0 Å². The lowest BCUT2D eigenvalue weighted by molar-refractivity contribution is -0.131. The Morgan fingerprint density at radius 2 is 1.90 bits per heavy atom. The number of nitrogens with two attached hydrogens (primary N) is 1. The van der Waals surface area contributed by atoms with Crippen molar-refractivity contribution in [1.29, 1.82) is 0 Å². The second-order valence-corrected chi connectivity index (χ2v) is 4.25. The fourth-order valence-electron chi connectivity index (χ4n) is 1.92. The van der Waals surface area contributed by atoms with E-state index in [2.05, 4.69) is 5.32 Å². The lowest BCUT2D eigenvalue weighted by Crippen LogP contribution is -2.35. The summed E-state index contributed by atoms with van der Waals surface area (Å²) in [5.74, 6) is -0.126. The average Bonchev–Trinajstić information content (AvgIpc) is 2.46. The van der Waals surface area contributed by atoms with Crippen molar-refractivity contribution >= 4 is 5.91 Å². The maximum atomic E-state index is 12.2. The first-order chi connectivity index (χ1) is 9.72. The van der Waals surface area contributed by atoms with Crippen LogP contribution in [0.15, 0.2) is 24.3 Å². The summed E-state index contributed by atoms with van der Waals surface area (Å²) >= 11 is 0. The molecule has 0 unspecified atom stereocenters. The van der Waals surface area contributed by atoms with Crippen molar-refractivity contribution in [2.45, 2.75) is 26.6 Å². The number of amides is 1. The van der Waals surface area contributed by atoms with Gasteiger partial charge in [-0.2, -0.15) is 0 Å². The summed E-state index contributed by atoms with van der Waals surface area (Å²) in [5.41, 5.74) is 7.17. The lowest BCUT2D eigenvalue weighted by atomic mass is 10.0. The Bertz CT molecular complexity index is 404. The molecular weight excluding hydrogens is 256 g/mol. The van der Waals surface area contributed by atoms with Crippen molar-refractivity contribution in [3.63, 3.8) is 0 Å². The molecule has 0 heterocycles. The van der Waals surface area contributed by atoms with Crippen LogP contribution in [0.4, 0.5) is 0 Å². The van der Waals surface area contributed by atoms with Gasteiger partial charge < -0.3 is 20.5 Å². The summed E-state index contributed by atoms with van der Waals surface area (Å²) in [6.45, 7) is 5.73. The molecule has 5 heteroatoms. The zero-order valence-electron chi connectivity index (χ0n) is 12.2. The standard InChI is InChI=1S/C15H24N2O3/c1-3-19-14(20-4-2)11-17-15(18)13-8-6-5-7-12(13)9-10-16/h5-8,14H,3-4,9-11,16H2,1-2H3,(H,17,18). The molecule has 0 atom stereocenters. The highest BCUT2D eigenvalue weighted by molar-refractivity contribution is 5.95. The highest BCUT2D eigenvalue weighted by atomic mass is 16.7. The van der Waals surface area contributed by atoms with Crippen LogP contribution in [0, 0.1) is 0 Å². The summed E-state index contributed by atoms with van der Waals surface area (Å²) in [6, 6.07) is 7.48. The Kier molecular flexibility index (Phi) is 7.87. The number of rotatable bonds is 9. The summed E-state index contributed by atoms with van der Waals surface area (Å²) in [4.78, 5) is 12.2.